The Bertz CT molecular complexity index is 1250. The molecular formula is C26H28N4O5. The molecule has 0 amide bonds. The number of aliphatic hydroxyl groups excluding tert-OH is 2. The monoisotopic (exact) mass is 476 g/mol. The minimum absolute atomic E-state index is 0.264. The standard InChI is InChI=1S/C26H28N4O5/c27-25-20-11-12-22(30(20)29-17-28-25)26(16-32)24(34-15-19-9-5-2-6-10-19)23(21(13-31)35-26)33-14-18-7-3-1-4-8-18/h1-12,17,21,23-24,31-32H,13-16H2,(H2,27,28,29)/t21-,23-,24-,26+/m1/s1. The van der Waals surface area contributed by atoms with Crippen LogP contribution >= 0.6 is 0 Å². The molecule has 9 heteroatoms. The first-order valence-electron chi connectivity index (χ1n) is 11.5. The number of nitrogens with two attached hydrogens (primary N) is 1. The average Bonchev–Trinajstić information content (AvgIpc) is 3.48. The molecule has 0 unspecified atom stereocenters. The van der Waals surface area contributed by atoms with Crippen molar-refractivity contribution in [2.45, 2.75) is 37.1 Å². The number of ether oxygens (including phenoxy) is 3. The van der Waals surface area contributed by atoms with Crippen molar-refractivity contribution in [1.29, 1.82) is 0 Å². The van der Waals surface area contributed by atoms with Gasteiger partial charge in [-0.25, -0.2) is 9.50 Å². The number of hydrogen-bond acceptors (Lipinski definition) is 8. The Balaban J connectivity index is 1.54. The highest BCUT2D eigenvalue weighted by atomic mass is 16.6. The van der Waals surface area contributed by atoms with Crippen LogP contribution in [0.4, 0.5) is 5.82 Å². The van der Waals surface area contributed by atoms with Gasteiger partial charge >= 0.3 is 0 Å². The van der Waals surface area contributed by atoms with Gasteiger partial charge in [0.2, 0.25) is 0 Å². The quantitative estimate of drug-likeness (QED) is 0.335. The van der Waals surface area contributed by atoms with E-state index in [0.717, 1.165) is 11.1 Å². The highest BCUT2D eigenvalue weighted by molar-refractivity contribution is 5.65. The fourth-order valence-corrected chi connectivity index (χ4v) is 4.64. The van der Waals surface area contributed by atoms with Crippen LogP contribution in [0, 0.1) is 0 Å². The summed E-state index contributed by atoms with van der Waals surface area (Å²) in [7, 11) is 0. The van der Waals surface area contributed by atoms with Crippen LogP contribution < -0.4 is 5.73 Å². The molecule has 0 aliphatic carbocycles. The summed E-state index contributed by atoms with van der Waals surface area (Å²) < 4.78 is 20.7. The number of anilines is 1. The van der Waals surface area contributed by atoms with E-state index in [1.807, 2.05) is 60.7 Å². The first-order valence-corrected chi connectivity index (χ1v) is 11.5. The predicted octanol–water partition coefficient (Wildman–Crippen LogP) is 2.06. The summed E-state index contributed by atoms with van der Waals surface area (Å²) in [5, 5.41) is 25.3. The molecule has 0 bridgehead atoms. The molecule has 4 aromatic rings. The van der Waals surface area contributed by atoms with Gasteiger partial charge < -0.3 is 30.2 Å². The Morgan fingerprint density at radius 1 is 0.914 bits per heavy atom. The van der Waals surface area contributed by atoms with Crippen LogP contribution in [0.1, 0.15) is 16.8 Å². The largest absolute Gasteiger partial charge is 0.394 e. The summed E-state index contributed by atoms with van der Waals surface area (Å²) in [5.74, 6) is 0.301. The van der Waals surface area contributed by atoms with Crippen LogP contribution in [-0.4, -0.2) is 56.3 Å². The number of nitrogen functional groups attached to an aromatic ring is 1. The Kier molecular flexibility index (Phi) is 6.76. The number of rotatable bonds is 9. The minimum Gasteiger partial charge on any atom is -0.394 e. The van der Waals surface area contributed by atoms with Crippen molar-refractivity contribution in [3.63, 3.8) is 0 Å². The van der Waals surface area contributed by atoms with Crippen molar-refractivity contribution in [2.75, 3.05) is 18.9 Å². The van der Waals surface area contributed by atoms with E-state index in [4.69, 9.17) is 19.9 Å². The summed E-state index contributed by atoms with van der Waals surface area (Å²) in [5.41, 5.74) is 7.72. The second kappa shape index (κ2) is 10.1. The molecule has 0 spiro atoms. The van der Waals surface area contributed by atoms with Crippen LogP contribution in [0.3, 0.4) is 0 Å². The van der Waals surface area contributed by atoms with E-state index < -0.39 is 30.5 Å². The van der Waals surface area contributed by atoms with Crippen molar-refractivity contribution in [1.82, 2.24) is 14.6 Å². The third-order valence-electron chi connectivity index (χ3n) is 6.37. The van der Waals surface area contributed by atoms with E-state index >= 15 is 0 Å². The van der Waals surface area contributed by atoms with Crippen LogP contribution in [0.2, 0.25) is 0 Å². The third-order valence-corrected chi connectivity index (χ3v) is 6.37. The fourth-order valence-electron chi connectivity index (χ4n) is 4.64. The Morgan fingerprint density at radius 3 is 2.20 bits per heavy atom. The maximum absolute atomic E-state index is 10.8. The van der Waals surface area contributed by atoms with Gasteiger partial charge in [-0.3, -0.25) is 0 Å². The van der Waals surface area contributed by atoms with E-state index in [-0.39, 0.29) is 13.2 Å². The lowest BCUT2D eigenvalue weighted by Crippen LogP contribution is -2.47. The number of fused-ring (bicyclic) bond motifs is 1. The minimum atomic E-state index is -1.36. The van der Waals surface area contributed by atoms with Gasteiger partial charge in [-0.1, -0.05) is 60.7 Å². The van der Waals surface area contributed by atoms with Gasteiger partial charge in [0.05, 0.1) is 32.1 Å². The maximum atomic E-state index is 10.8. The summed E-state index contributed by atoms with van der Waals surface area (Å²) in [4.78, 5) is 4.05. The molecule has 4 atom stereocenters. The summed E-state index contributed by atoms with van der Waals surface area (Å²) in [6, 6.07) is 23.0. The van der Waals surface area contributed by atoms with Gasteiger partial charge in [0, 0.05) is 0 Å². The van der Waals surface area contributed by atoms with Crippen molar-refractivity contribution >= 4 is 11.3 Å². The van der Waals surface area contributed by atoms with E-state index in [9.17, 15) is 10.2 Å². The van der Waals surface area contributed by atoms with Crippen LogP contribution in [-0.2, 0) is 33.0 Å². The zero-order valence-corrected chi connectivity index (χ0v) is 19.1. The second-order valence-corrected chi connectivity index (χ2v) is 8.53. The molecule has 1 fully saturated rings. The van der Waals surface area contributed by atoms with Gasteiger partial charge in [-0.2, -0.15) is 5.10 Å². The van der Waals surface area contributed by atoms with Crippen LogP contribution in [0.25, 0.3) is 5.52 Å². The SMILES string of the molecule is Nc1ncnn2c([C@]3(CO)O[C@H](CO)[C@@H](OCc4ccccc4)[C@H]3OCc3ccccc3)ccc12. The maximum Gasteiger partial charge on any atom is 0.162 e. The van der Waals surface area contributed by atoms with Crippen LogP contribution in [0.5, 0.6) is 0 Å². The molecule has 3 heterocycles. The smallest absolute Gasteiger partial charge is 0.162 e. The summed E-state index contributed by atoms with van der Waals surface area (Å²) >= 11 is 0. The van der Waals surface area contributed by atoms with E-state index in [2.05, 4.69) is 10.1 Å². The Morgan fingerprint density at radius 2 is 1.57 bits per heavy atom. The van der Waals surface area contributed by atoms with Crippen molar-refractivity contribution in [3.8, 4) is 0 Å². The lowest BCUT2D eigenvalue weighted by atomic mass is 9.91. The molecule has 2 aromatic carbocycles. The second-order valence-electron chi connectivity index (χ2n) is 8.53. The first kappa shape index (κ1) is 23.4. The zero-order chi connectivity index (χ0) is 24.3. The predicted molar refractivity (Wildman–Crippen MR) is 128 cm³/mol. The van der Waals surface area contributed by atoms with Crippen molar-refractivity contribution < 1.29 is 24.4 Å². The van der Waals surface area contributed by atoms with Gasteiger partial charge in [0.1, 0.15) is 30.2 Å². The van der Waals surface area contributed by atoms with Crippen molar-refractivity contribution in [2.24, 2.45) is 0 Å². The highest BCUT2D eigenvalue weighted by Gasteiger charge is 2.58. The lowest BCUT2D eigenvalue weighted by Gasteiger charge is -2.33. The molecule has 182 valence electrons. The molecule has 5 rings (SSSR count). The summed E-state index contributed by atoms with van der Waals surface area (Å²) in [6.07, 6.45) is -0.821. The van der Waals surface area contributed by atoms with Gasteiger partial charge in [-0.15, -0.1) is 0 Å². The van der Waals surface area contributed by atoms with Gasteiger partial charge in [0.15, 0.2) is 11.4 Å². The van der Waals surface area contributed by atoms with Crippen LogP contribution in [0.15, 0.2) is 79.1 Å². The molecule has 35 heavy (non-hydrogen) atoms. The number of benzene rings is 2. The Hall–Kier alpha value is -3.34. The van der Waals surface area contributed by atoms with E-state index in [1.54, 1.807) is 16.6 Å². The molecule has 1 saturated heterocycles. The topological polar surface area (TPSA) is 124 Å². The third kappa shape index (κ3) is 4.40. The number of aliphatic hydroxyl groups is 2. The fraction of sp³-hybridized carbons (Fsp3) is 0.308. The van der Waals surface area contributed by atoms with E-state index in [1.165, 1.54) is 6.33 Å². The molecule has 9 nitrogen and oxygen atoms in total. The molecule has 4 N–H and O–H groups in total. The normalized spacial score (nSPS) is 24.2. The van der Waals surface area contributed by atoms with Gasteiger partial charge in [-0.05, 0) is 23.3 Å². The number of hydrogen-bond donors (Lipinski definition) is 3. The molecule has 2 aromatic heterocycles. The zero-order valence-electron chi connectivity index (χ0n) is 19.1. The molecule has 0 radical (unpaired) electrons. The molecule has 0 saturated carbocycles. The van der Waals surface area contributed by atoms with Crippen molar-refractivity contribution in [3.05, 3.63) is 95.9 Å². The number of nitrogens with zero attached hydrogens (tertiary/aromatic N) is 3. The average molecular weight is 477 g/mol. The first-order chi connectivity index (χ1) is 17.2. The molecular weight excluding hydrogens is 448 g/mol. The lowest BCUT2D eigenvalue weighted by molar-refractivity contribution is -0.147. The molecule has 1 aliphatic rings. The Labute approximate surface area is 202 Å². The molecule has 1 aliphatic heterocycles. The highest BCUT2D eigenvalue weighted by Crippen LogP contribution is 2.44. The van der Waals surface area contributed by atoms with Gasteiger partial charge in [0.25, 0.3) is 0 Å². The van der Waals surface area contributed by atoms with E-state index in [0.29, 0.717) is 23.6 Å². The number of aromatic nitrogens is 3. The summed E-state index contributed by atoms with van der Waals surface area (Å²) in [6.45, 7) is -0.181.